The van der Waals surface area contributed by atoms with Gasteiger partial charge in [0.1, 0.15) is 12.4 Å². The lowest BCUT2D eigenvalue weighted by Gasteiger charge is -2.30. The van der Waals surface area contributed by atoms with Gasteiger partial charge >= 0.3 is 11.1 Å². The molecular weight excluding hydrogens is 379 g/mol. The number of H-pyrrole nitrogens is 1. The Hall–Kier alpha value is -3.46. The Morgan fingerprint density at radius 3 is 2.69 bits per heavy atom. The maximum atomic E-state index is 13.5. The summed E-state index contributed by atoms with van der Waals surface area (Å²) in [5.41, 5.74) is 0.0936. The summed E-state index contributed by atoms with van der Waals surface area (Å²) in [5.74, 6) is -1.02. The second-order valence-corrected chi connectivity index (χ2v) is 6.67. The molecule has 0 atom stereocenters. The first-order chi connectivity index (χ1) is 14.0. The minimum atomic E-state index is -0.912. The summed E-state index contributed by atoms with van der Waals surface area (Å²) in [6, 6.07) is 11.0. The van der Waals surface area contributed by atoms with Crippen molar-refractivity contribution in [1.82, 2.24) is 9.55 Å². The van der Waals surface area contributed by atoms with Crippen molar-refractivity contribution in [2.75, 3.05) is 36.5 Å². The topological polar surface area (TPSA) is 96.4 Å². The fraction of sp³-hybridized carbons (Fsp3) is 0.250. The lowest BCUT2D eigenvalue weighted by atomic mass is 10.2. The number of morpholine rings is 1. The van der Waals surface area contributed by atoms with Gasteiger partial charge in [0, 0.05) is 13.1 Å². The summed E-state index contributed by atoms with van der Waals surface area (Å²) in [4.78, 5) is 41.3. The van der Waals surface area contributed by atoms with Gasteiger partial charge in [0.05, 0.1) is 35.6 Å². The van der Waals surface area contributed by atoms with Gasteiger partial charge in [0.25, 0.3) is 0 Å². The SMILES string of the molecule is O=C(Cn1c(=O)c(=O)[nH]c2cc(F)ccc21)Nc1ccccc1N1CCOCC1. The Morgan fingerprint density at radius 1 is 1.14 bits per heavy atom. The Balaban J connectivity index is 1.63. The van der Waals surface area contributed by atoms with Crippen molar-refractivity contribution in [1.29, 1.82) is 0 Å². The molecule has 2 heterocycles. The number of rotatable bonds is 4. The third-order valence-corrected chi connectivity index (χ3v) is 4.77. The summed E-state index contributed by atoms with van der Waals surface area (Å²) < 4.78 is 19.9. The van der Waals surface area contributed by atoms with E-state index >= 15 is 0 Å². The Kier molecular flexibility index (Phi) is 5.13. The number of nitrogens with one attached hydrogen (secondary N) is 2. The monoisotopic (exact) mass is 398 g/mol. The van der Waals surface area contributed by atoms with E-state index in [2.05, 4.69) is 15.2 Å². The van der Waals surface area contributed by atoms with Crippen molar-refractivity contribution < 1.29 is 13.9 Å². The standard InChI is InChI=1S/C20H19FN4O4/c21-13-5-6-17-15(11-13)23-19(27)20(28)25(17)12-18(26)22-14-3-1-2-4-16(14)24-7-9-29-10-8-24/h1-6,11H,7-10,12H2,(H,22,26)(H,23,27). The van der Waals surface area contributed by atoms with Crippen LogP contribution in [0, 0.1) is 5.82 Å². The van der Waals surface area contributed by atoms with E-state index in [1.165, 1.54) is 12.1 Å². The summed E-state index contributed by atoms with van der Waals surface area (Å²) in [7, 11) is 0. The summed E-state index contributed by atoms with van der Waals surface area (Å²) in [6.07, 6.45) is 0. The molecule has 1 fully saturated rings. The quantitative estimate of drug-likeness (QED) is 0.646. The summed E-state index contributed by atoms with van der Waals surface area (Å²) in [5, 5.41) is 2.81. The van der Waals surface area contributed by atoms with Crippen LogP contribution in [-0.4, -0.2) is 41.8 Å². The van der Waals surface area contributed by atoms with Gasteiger partial charge in [-0.1, -0.05) is 12.1 Å². The first-order valence-corrected chi connectivity index (χ1v) is 9.17. The van der Waals surface area contributed by atoms with Gasteiger partial charge < -0.3 is 19.9 Å². The number of hydrogen-bond donors (Lipinski definition) is 2. The van der Waals surface area contributed by atoms with Crippen molar-refractivity contribution in [3.8, 4) is 0 Å². The van der Waals surface area contributed by atoms with Crippen LogP contribution in [0.3, 0.4) is 0 Å². The smallest absolute Gasteiger partial charge is 0.317 e. The molecule has 3 aromatic rings. The van der Waals surface area contributed by atoms with Crippen molar-refractivity contribution in [2.45, 2.75) is 6.54 Å². The average Bonchev–Trinajstić information content (AvgIpc) is 2.72. The molecule has 1 aliphatic heterocycles. The summed E-state index contributed by atoms with van der Waals surface area (Å²) in [6.45, 7) is 2.25. The Morgan fingerprint density at radius 2 is 1.90 bits per heavy atom. The van der Waals surface area contributed by atoms with Gasteiger partial charge in [-0.15, -0.1) is 0 Å². The van der Waals surface area contributed by atoms with E-state index < -0.39 is 22.8 Å². The van der Waals surface area contributed by atoms with Gasteiger partial charge in [-0.3, -0.25) is 19.0 Å². The molecule has 2 aromatic carbocycles. The number of hydrogen-bond acceptors (Lipinski definition) is 5. The van der Waals surface area contributed by atoms with Gasteiger partial charge in [0.2, 0.25) is 5.91 Å². The molecule has 1 aliphatic rings. The molecule has 0 spiro atoms. The highest BCUT2D eigenvalue weighted by Gasteiger charge is 2.17. The van der Waals surface area contributed by atoms with Crippen LogP contribution in [0.2, 0.25) is 0 Å². The van der Waals surface area contributed by atoms with Crippen molar-refractivity contribution in [2.24, 2.45) is 0 Å². The van der Waals surface area contributed by atoms with E-state index in [0.29, 0.717) is 32.0 Å². The molecule has 150 valence electrons. The van der Waals surface area contributed by atoms with E-state index in [9.17, 15) is 18.8 Å². The number of anilines is 2. The van der Waals surface area contributed by atoms with Crippen LogP contribution in [0.15, 0.2) is 52.1 Å². The molecule has 0 bridgehead atoms. The van der Waals surface area contributed by atoms with Crippen molar-refractivity contribution in [3.63, 3.8) is 0 Å². The van der Waals surface area contributed by atoms with Crippen LogP contribution in [0.25, 0.3) is 11.0 Å². The van der Waals surface area contributed by atoms with Crippen LogP contribution in [-0.2, 0) is 16.1 Å². The Bertz CT molecular complexity index is 1180. The number of nitrogens with zero attached hydrogens (tertiary/aromatic N) is 2. The lowest BCUT2D eigenvalue weighted by Crippen LogP contribution is -2.39. The van der Waals surface area contributed by atoms with E-state index in [4.69, 9.17) is 4.74 Å². The van der Waals surface area contributed by atoms with Crippen LogP contribution >= 0.6 is 0 Å². The first-order valence-electron chi connectivity index (χ1n) is 9.17. The molecular formula is C20H19FN4O4. The van der Waals surface area contributed by atoms with Crippen molar-refractivity contribution in [3.05, 3.63) is 69.0 Å². The highest BCUT2D eigenvalue weighted by atomic mass is 19.1. The fourth-order valence-electron chi connectivity index (χ4n) is 3.40. The number of fused-ring (bicyclic) bond motifs is 1. The number of benzene rings is 2. The zero-order valence-electron chi connectivity index (χ0n) is 15.5. The van der Waals surface area contributed by atoms with E-state index in [1.807, 2.05) is 12.1 Å². The minimum absolute atomic E-state index is 0.149. The third kappa shape index (κ3) is 3.90. The average molecular weight is 398 g/mol. The molecule has 4 rings (SSSR count). The molecule has 9 heteroatoms. The maximum Gasteiger partial charge on any atom is 0.317 e. The van der Waals surface area contributed by atoms with E-state index in [-0.39, 0.29) is 17.6 Å². The zero-order valence-corrected chi connectivity index (χ0v) is 15.5. The molecule has 8 nitrogen and oxygen atoms in total. The fourth-order valence-corrected chi connectivity index (χ4v) is 3.40. The molecule has 0 unspecified atom stereocenters. The van der Waals surface area contributed by atoms with Gasteiger partial charge in [-0.05, 0) is 30.3 Å². The molecule has 0 aliphatic carbocycles. The highest BCUT2D eigenvalue weighted by molar-refractivity contribution is 5.95. The second-order valence-electron chi connectivity index (χ2n) is 6.67. The normalized spacial score (nSPS) is 14.2. The number of aromatic nitrogens is 2. The van der Waals surface area contributed by atoms with Crippen LogP contribution in [0.1, 0.15) is 0 Å². The Labute approximate surface area is 164 Å². The van der Waals surface area contributed by atoms with Gasteiger partial charge in [0.15, 0.2) is 0 Å². The highest BCUT2D eigenvalue weighted by Crippen LogP contribution is 2.26. The number of amides is 1. The van der Waals surface area contributed by atoms with Gasteiger partial charge in [-0.2, -0.15) is 0 Å². The molecule has 1 saturated heterocycles. The number of aromatic amines is 1. The first kappa shape index (κ1) is 18.9. The van der Waals surface area contributed by atoms with E-state index in [0.717, 1.165) is 16.3 Å². The van der Waals surface area contributed by atoms with Crippen LogP contribution < -0.4 is 21.3 Å². The second kappa shape index (κ2) is 7.88. The molecule has 0 saturated carbocycles. The largest absolute Gasteiger partial charge is 0.378 e. The number of carbonyl (C=O) groups is 1. The molecule has 1 aromatic heterocycles. The van der Waals surface area contributed by atoms with E-state index in [1.54, 1.807) is 12.1 Å². The van der Waals surface area contributed by atoms with Crippen LogP contribution in [0.5, 0.6) is 0 Å². The number of ether oxygens (including phenoxy) is 1. The van der Waals surface area contributed by atoms with Gasteiger partial charge in [-0.25, -0.2) is 4.39 Å². The number of halogens is 1. The predicted molar refractivity (Wildman–Crippen MR) is 107 cm³/mol. The lowest BCUT2D eigenvalue weighted by molar-refractivity contribution is -0.116. The number of para-hydroxylation sites is 2. The minimum Gasteiger partial charge on any atom is -0.378 e. The van der Waals surface area contributed by atoms with Crippen LogP contribution in [0.4, 0.5) is 15.8 Å². The molecule has 2 N–H and O–H groups in total. The predicted octanol–water partition coefficient (Wildman–Crippen LogP) is 1.30. The number of carbonyl (C=O) groups excluding carboxylic acids is 1. The maximum absolute atomic E-state index is 13.5. The molecule has 1 amide bonds. The molecule has 29 heavy (non-hydrogen) atoms. The molecule has 0 radical (unpaired) electrons. The van der Waals surface area contributed by atoms with Crippen molar-refractivity contribution >= 4 is 28.3 Å². The summed E-state index contributed by atoms with van der Waals surface area (Å²) >= 11 is 0. The third-order valence-electron chi connectivity index (χ3n) is 4.77. The zero-order chi connectivity index (χ0) is 20.4.